The van der Waals surface area contributed by atoms with Crippen LogP contribution in [0.1, 0.15) is 82.6 Å². The smallest absolute Gasteiger partial charge is 0.398 e. The molecule has 2 aliphatic rings. The molecule has 4 heterocycles. The summed E-state index contributed by atoms with van der Waals surface area (Å²) in [5.41, 5.74) is -0.178. The molecule has 2 aliphatic heterocycles. The van der Waals surface area contributed by atoms with E-state index in [1.165, 1.54) is 0 Å². The summed E-state index contributed by atoms with van der Waals surface area (Å²) >= 11 is 0. The molecule has 11 heteroatoms. The van der Waals surface area contributed by atoms with Crippen LogP contribution in [-0.4, -0.2) is 62.9 Å². The number of hydrogen-bond acceptors (Lipinski definition) is 7. The molecule has 0 aromatic carbocycles. The Balaban J connectivity index is 0.000000211. The van der Waals surface area contributed by atoms with Crippen LogP contribution < -0.4 is 5.59 Å². The minimum absolute atomic E-state index is 0.120. The van der Waals surface area contributed by atoms with Gasteiger partial charge in [0.25, 0.3) is 0 Å². The third-order valence-electron chi connectivity index (χ3n) is 6.70. The molecule has 0 atom stereocenters. The number of H-pyrrole nitrogens is 1. The lowest BCUT2D eigenvalue weighted by molar-refractivity contribution is 0.00578. The summed E-state index contributed by atoms with van der Waals surface area (Å²) in [6, 6.07) is 3.80. The van der Waals surface area contributed by atoms with Crippen molar-refractivity contribution < 1.29 is 23.3 Å². The molecule has 0 unspecified atom stereocenters. The highest BCUT2D eigenvalue weighted by molar-refractivity contribution is 6.61. The number of aromatic amines is 1. The summed E-state index contributed by atoms with van der Waals surface area (Å²) in [6.07, 6.45) is 6.43. The molecule has 2 aromatic rings. The van der Waals surface area contributed by atoms with E-state index in [0.717, 1.165) is 18.6 Å². The average molecular weight is 490 g/mol. The highest BCUT2D eigenvalue weighted by atomic mass is 16.8. The van der Waals surface area contributed by atoms with E-state index in [4.69, 9.17) is 23.3 Å². The molecule has 0 bridgehead atoms. The summed E-state index contributed by atoms with van der Waals surface area (Å²) in [6.45, 7) is 23.3. The van der Waals surface area contributed by atoms with Crippen molar-refractivity contribution in [3.05, 3.63) is 30.7 Å². The molecule has 0 saturated carbocycles. The zero-order valence-electron chi connectivity index (χ0n) is 23.4. The first kappa shape index (κ1) is 29.6. The van der Waals surface area contributed by atoms with Crippen LogP contribution >= 0.6 is 0 Å². The van der Waals surface area contributed by atoms with Crippen LogP contribution in [0.5, 0.6) is 0 Å². The summed E-state index contributed by atoms with van der Waals surface area (Å²) in [5.74, 6) is 0. The molecular formula is C24H44B2N4O5. The first-order valence-corrected chi connectivity index (χ1v) is 12.4. The highest BCUT2D eigenvalue weighted by Crippen LogP contribution is 2.37. The van der Waals surface area contributed by atoms with Gasteiger partial charge in [-0.2, -0.15) is 10.2 Å². The normalized spacial score (nSPS) is 21.4. The summed E-state index contributed by atoms with van der Waals surface area (Å²) in [5, 5.41) is 10.5. The van der Waals surface area contributed by atoms with Crippen molar-refractivity contribution in [3.63, 3.8) is 0 Å². The standard InChI is InChI=1S/C12H21BN2O2.C9H19BO3.C3H4N2/c1-6-9-15-10(7-8-14-15)13-16-11(2,3)12(4,5)17-13;1-7(2)11-10-12-8(3,4)9(5,6)13-10;1-2-4-5-3-1/h7-8H,6,9H2,1-5H3;7H,1-6H3;1-3H,(H,4,5). The van der Waals surface area contributed by atoms with Gasteiger partial charge in [0.1, 0.15) is 0 Å². The number of rotatable bonds is 5. The molecule has 9 nitrogen and oxygen atoms in total. The predicted molar refractivity (Wildman–Crippen MR) is 139 cm³/mol. The van der Waals surface area contributed by atoms with E-state index in [-0.39, 0.29) is 35.6 Å². The second kappa shape index (κ2) is 11.6. The second-order valence-corrected chi connectivity index (χ2v) is 11.1. The fourth-order valence-corrected chi connectivity index (χ4v) is 3.19. The predicted octanol–water partition coefficient (Wildman–Crippen LogP) is 4.00. The lowest BCUT2D eigenvalue weighted by Crippen LogP contribution is -2.41. The van der Waals surface area contributed by atoms with Crippen molar-refractivity contribution >= 4 is 20.0 Å². The van der Waals surface area contributed by atoms with Gasteiger partial charge in [0, 0.05) is 31.2 Å². The molecule has 2 aromatic heterocycles. The van der Waals surface area contributed by atoms with Crippen LogP contribution in [0, 0.1) is 0 Å². The van der Waals surface area contributed by atoms with Crippen molar-refractivity contribution in [3.8, 4) is 0 Å². The van der Waals surface area contributed by atoms with Gasteiger partial charge in [-0.1, -0.05) is 6.92 Å². The summed E-state index contributed by atoms with van der Waals surface area (Å²) in [4.78, 5) is 0. The van der Waals surface area contributed by atoms with Gasteiger partial charge < -0.3 is 23.3 Å². The van der Waals surface area contributed by atoms with E-state index in [1.807, 2.05) is 58.4 Å². The topological polar surface area (TPSA) is 92.7 Å². The molecule has 0 radical (unpaired) electrons. The Morgan fingerprint density at radius 3 is 1.86 bits per heavy atom. The van der Waals surface area contributed by atoms with Gasteiger partial charge in [-0.05, 0) is 87.8 Å². The lowest BCUT2D eigenvalue weighted by atomic mass is 9.84. The van der Waals surface area contributed by atoms with E-state index in [2.05, 4.69) is 49.9 Å². The van der Waals surface area contributed by atoms with Crippen LogP contribution in [-0.2, 0) is 29.8 Å². The van der Waals surface area contributed by atoms with Crippen LogP contribution in [0.4, 0.5) is 0 Å². The van der Waals surface area contributed by atoms with Crippen molar-refractivity contribution in [2.24, 2.45) is 0 Å². The Morgan fingerprint density at radius 1 is 0.914 bits per heavy atom. The first-order chi connectivity index (χ1) is 16.1. The minimum atomic E-state index is -0.523. The quantitative estimate of drug-likeness (QED) is 0.634. The maximum atomic E-state index is 6.01. The van der Waals surface area contributed by atoms with Gasteiger partial charge in [-0.25, -0.2) is 0 Å². The third kappa shape index (κ3) is 7.67. The van der Waals surface area contributed by atoms with Crippen molar-refractivity contribution in [2.45, 2.75) is 118 Å². The molecule has 0 aliphatic carbocycles. The van der Waals surface area contributed by atoms with Crippen molar-refractivity contribution in [2.75, 3.05) is 0 Å². The Bertz CT molecular complexity index is 835. The van der Waals surface area contributed by atoms with Gasteiger partial charge in [0.05, 0.1) is 28.0 Å². The largest absolute Gasteiger partial charge is 0.640 e. The molecule has 2 fully saturated rings. The van der Waals surface area contributed by atoms with E-state index >= 15 is 0 Å². The van der Waals surface area contributed by atoms with Gasteiger partial charge in [-0.15, -0.1) is 0 Å². The molecule has 35 heavy (non-hydrogen) atoms. The number of aromatic nitrogens is 4. The third-order valence-corrected chi connectivity index (χ3v) is 6.70. The Kier molecular flexibility index (Phi) is 9.80. The fraction of sp³-hybridized carbons (Fsp3) is 0.750. The van der Waals surface area contributed by atoms with Gasteiger partial charge in [-0.3, -0.25) is 9.78 Å². The summed E-state index contributed by atoms with van der Waals surface area (Å²) < 4.78 is 30.7. The van der Waals surface area contributed by atoms with Crippen LogP contribution in [0.3, 0.4) is 0 Å². The molecule has 196 valence electrons. The Labute approximate surface area is 211 Å². The van der Waals surface area contributed by atoms with Gasteiger partial charge in [0.2, 0.25) is 0 Å². The maximum absolute atomic E-state index is 6.01. The monoisotopic (exact) mass is 490 g/mol. The Morgan fingerprint density at radius 2 is 1.46 bits per heavy atom. The molecular weight excluding hydrogens is 446 g/mol. The zero-order valence-corrected chi connectivity index (χ0v) is 23.4. The van der Waals surface area contributed by atoms with Crippen LogP contribution in [0.2, 0.25) is 0 Å². The minimum Gasteiger partial charge on any atom is -0.398 e. The van der Waals surface area contributed by atoms with Crippen LogP contribution in [0.15, 0.2) is 30.7 Å². The van der Waals surface area contributed by atoms with Crippen molar-refractivity contribution in [1.29, 1.82) is 0 Å². The van der Waals surface area contributed by atoms with Gasteiger partial charge >= 0.3 is 14.4 Å². The zero-order chi connectivity index (χ0) is 26.5. The molecule has 1 N–H and O–H groups in total. The van der Waals surface area contributed by atoms with Gasteiger partial charge in [0.15, 0.2) is 0 Å². The van der Waals surface area contributed by atoms with Crippen LogP contribution in [0.25, 0.3) is 0 Å². The molecule has 0 spiro atoms. The SMILES string of the molecule is CC(C)OB1OC(C)(C)C(C)(C)O1.CCCn1nccc1B1OC(C)(C)C(C)(C)O1.c1cn[nH]c1. The van der Waals surface area contributed by atoms with E-state index < -0.39 is 7.32 Å². The first-order valence-electron chi connectivity index (χ1n) is 12.4. The Hall–Kier alpha value is -1.65. The van der Waals surface area contributed by atoms with E-state index in [0.29, 0.717) is 0 Å². The molecule has 4 rings (SSSR count). The number of nitrogens with zero attached hydrogens (tertiary/aromatic N) is 3. The van der Waals surface area contributed by atoms with E-state index in [1.54, 1.807) is 18.6 Å². The molecule has 0 amide bonds. The number of nitrogens with one attached hydrogen (secondary N) is 1. The maximum Gasteiger partial charge on any atom is 0.640 e. The number of hydrogen-bond donors (Lipinski definition) is 1. The summed E-state index contributed by atoms with van der Waals surface area (Å²) in [7, 11) is -0.834. The lowest BCUT2D eigenvalue weighted by Gasteiger charge is -2.32. The molecule has 2 saturated heterocycles. The highest BCUT2D eigenvalue weighted by Gasteiger charge is 2.53. The number of aryl methyl sites for hydroxylation is 1. The van der Waals surface area contributed by atoms with E-state index in [9.17, 15) is 0 Å². The second-order valence-electron chi connectivity index (χ2n) is 11.1. The average Bonchev–Trinajstić information content (AvgIpc) is 3.46. The fourth-order valence-electron chi connectivity index (χ4n) is 3.19. The van der Waals surface area contributed by atoms with Crippen molar-refractivity contribution in [1.82, 2.24) is 20.0 Å².